The average molecular weight is 424 g/mol. The molecule has 0 saturated carbocycles. The van der Waals surface area contributed by atoms with Gasteiger partial charge in [0.15, 0.2) is 0 Å². The van der Waals surface area contributed by atoms with E-state index in [1.54, 1.807) is 11.3 Å². The second-order valence-corrected chi connectivity index (χ2v) is 10.2. The van der Waals surface area contributed by atoms with E-state index < -0.39 is 0 Å². The molecule has 3 aromatic heterocycles. The lowest BCUT2D eigenvalue weighted by Crippen LogP contribution is -2.21. The highest BCUT2D eigenvalue weighted by Gasteiger charge is 2.15. The number of fused-ring (bicyclic) bond motifs is 1. The highest BCUT2D eigenvalue weighted by molar-refractivity contribution is 7.18. The number of aromatic nitrogens is 2. The maximum Gasteiger partial charge on any atom is 0.260 e. The van der Waals surface area contributed by atoms with Crippen LogP contribution < -0.4 is 5.56 Å². The second kappa shape index (κ2) is 7.86. The van der Waals surface area contributed by atoms with E-state index in [1.807, 2.05) is 29.9 Å². The number of hydrogen-bond acceptors (Lipinski definition) is 5. The third kappa shape index (κ3) is 4.34. The minimum atomic E-state index is -0.0578. The Hall–Kier alpha value is -2.28. The van der Waals surface area contributed by atoms with Gasteiger partial charge < -0.3 is 4.98 Å². The molecule has 4 nitrogen and oxygen atoms in total. The van der Waals surface area contributed by atoms with E-state index in [1.165, 1.54) is 22.5 Å². The van der Waals surface area contributed by atoms with Crippen LogP contribution in [0.15, 0.2) is 52.0 Å². The van der Waals surface area contributed by atoms with E-state index in [9.17, 15) is 4.79 Å². The number of nitrogens with one attached hydrogen (secondary N) is 1. The summed E-state index contributed by atoms with van der Waals surface area (Å²) in [5.41, 5.74) is 3.66. The molecule has 1 aromatic carbocycles. The standard InChI is InChI=1S/C23H25N3OS2/c1-23(2,3)16-9-7-15(8-10-16)12-26(4)13-19-24-21(27)20-17(14-29-22(20)25-19)18-6-5-11-28-18/h5-11,14H,12-13H2,1-4H3,(H,24,25,27). The van der Waals surface area contributed by atoms with Crippen molar-refractivity contribution in [1.29, 1.82) is 0 Å². The summed E-state index contributed by atoms with van der Waals surface area (Å²) in [4.78, 5) is 24.5. The average Bonchev–Trinajstić information content (AvgIpc) is 3.30. The smallest absolute Gasteiger partial charge is 0.260 e. The van der Waals surface area contributed by atoms with Crippen LogP contribution in [-0.2, 0) is 18.5 Å². The molecular weight excluding hydrogens is 398 g/mol. The summed E-state index contributed by atoms with van der Waals surface area (Å²) in [6, 6.07) is 12.8. The van der Waals surface area contributed by atoms with E-state index in [0.717, 1.165) is 21.8 Å². The van der Waals surface area contributed by atoms with Crippen LogP contribution in [-0.4, -0.2) is 21.9 Å². The van der Waals surface area contributed by atoms with Gasteiger partial charge in [-0.25, -0.2) is 4.98 Å². The molecule has 0 fully saturated rings. The minimum Gasteiger partial charge on any atom is -0.309 e. The fraction of sp³-hybridized carbons (Fsp3) is 0.304. The van der Waals surface area contributed by atoms with Gasteiger partial charge in [-0.1, -0.05) is 51.1 Å². The van der Waals surface area contributed by atoms with Crippen molar-refractivity contribution < 1.29 is 0 Å². The first-order chi connectivity index (χ1) is 13.8. The number of nitrogens with zero attached hydrogens (tertiary/aromatic N) is 2. The molecule has 6 heteroatoms. The molecule has 0 amide bonds. The fourth-order valence-electron chi connectivity index (χ4n) is 3.41. The molecule has 3 heterocycles. The van der Waals surface area contributed by atoms with Crippen LogP contribution in [0, 0.1) is 0 Å². The third-order valence-electron chi connectivity index (χ3n) is 4.97. The normalized spacial score (nSPS) is 12.2. The molecule has 0 atom stereocenters. The second-order valence-electron chi connectivity index (χ2n) is 8.44. The lowest BCUT2D eigenvalue weighted by molar-refractivity contribution is 0.310. The molecule has 0 aliphatic carbocycles. The zero-order valence-corrected chi connectivity index (χ0v) is 18.8. The SMILES string of the molecule is CN(Cc1ccc(C(C)(C)C)cc1)Cc1nc2scc(-c3cccs3)c2c(=O)[nH]1. The van der Waals surface area contributed by atoms with E-state index in [0.29, 0.717) is 17.8 Å². The van der Waals surface area contributed by atoms with Crippen molar-refractivity contribution in [1.82, 2.24) is 14.9 Å². The zero-order valence-electron chi connectivity index (χ0n) is 17.2. The Morgan fingerprint density at radius 3 is 2.48 bits per heavy atom. The third-order valence-corrected chi connectivity index (χ3v) is 6.75. The predicted molar refractivity (Wildman–Crippen MR) is 124 cm³/mol. The molecule has 0 aliphatic heterocycles. The molecule has 4 rings (SSSR count). The van der Waals surface area contributed by atoms with Gasteiger partial charge in [-0.2, -0.15) is 0 Å². The number of hydrogen-bond donors (Lipinski definition) is 1. The van der Waals surface area contributed by atoms with Crippen LogP contribution in [0.5, 0.6) is 0 Å². The Morgan fingerprint density at radius 1 is 1.07 bits per heavy atom. The van der Waals surface area contributed by atoms with E-state index in [-0.39, 0.29) is 11.0 Å². The summed E-state index contributed by atoms with van der Waals surface area (Å²) in [5.74, 6) is 0.705. The molecule has 0 radical (unpaired) electrons. The van der Waals surface area contributed by atoms with Crippen LogP contribution in [0.2, 0.25) is 0 Å². The van der Waals surface area contributed by atoms with Gasteiger partial charge in [0.05, 0.1) is 11.9 Å². The number of rotatable bonds is 5. The van der Waals surface area contributed by atoms with Crippen LogP contribution in [0.3, 0.4) is 0 Å². The molecule has 0 spiro atoms. The Bertz CT molecular complexity index is 1170. The Morgan fingerprint density at radius 2 is 1.83 bits per heavy atom. The number of benzene rings is 1. The van der Waals surface area contributed by atoms with Crippen molar-refractivity contribution >= 4 is 32.9 Å². The molecule has 0 saturated heterocycles. The largest absolute Gasteiger partial charge is 0.309 e. The summed E-state index contributed by atoms with van der Waals surface area (Å²) in [6.45, 7) is 8.07. The van der Waals surface area contributed by atoms with Crippen LogP contribution in [0.1, 0.15) is 37.7 Å². The van der Waals surface area contributed by atoms with Gasteiger partial charge in [0.2, 0.25) is 0 Å². The summed E-state index contributed by atoms with van der Waals surface area (Å²) in [6.07, 6.45) is 0. The van der Waals surface area contributed by atoms with Crippen LogP contribution in [0.25, 0.3) is 20.7 Å². The molecular formula is C23H25N3OS2. The Balaban J connectivity index is 1.51. The monoisotopic (exact) mass is 423 g/mol. The molecule has 0 aliphatic rings. The first kappa shape index (κ1) is 20.0. The van der Waals surface area contributed by atoms with Gasteiger partial charge in [0.1, 0.15) is 10.7 Å². The van der Waals surface area contributed by atoms with Crippen molar-refractivity contribution in [2.45, 2.75) is 39.3 Å². The lowest BCUT2D eigenvalue weighted by Gasteiger charge is -2.20. The van der Waals surface area contributed by atoms with Crippen molar-refractivity contribution in [3.8, 4) is 10.4 Å². The van der Waals surface area contributed by atoms with Crippen molar-refractivity contribution in [2.75, 3.05) is 7.05 Å². The molecule has 150 valence electrons. The van der Waals surface area contributed by atoms with Gasteiger partial charge in [0, 0.05) is 22.4 Å². The highest BCUT2D eigenvalue weighted by Crippen LogP contribution is 2.33. The topological polar surface area (TPSA) is 49.0 Å². The van der Waals surface area contributed by atoms with Gasteiger partial charge in [-0.15, -0.1) is 22.7 Å². The fourth-order valence-corrected chi connectivity index (χ4v) is 5.20. The summed E-state index contributed by atoms with van der Waals surface area (Å²) in [5, 5.41) is 4.75. The molecule has 0 bridgehead atoms. The minimum absolute atomic E-state index is 0.0578. The first-order valence-electron chi connectivity index (χ1n) is 9.63. The summed E-state index contributed by atoms with van der Waals surface area (Å²) in [7, 11) is 2.05. The van der Waals surface area contributed by atoms with E-state index in [2.05, 4.69) is 54.9 Å². The Labute approximate surface area is 178 Å². The van der Waals surface area contributed by atoms with E-state index in [4.69, 9.17) is 4.98 Å². The first-order valence-corrected chi connectivity index (χ1v) is 11.4. The zero-order chi connectivity index (χ0) is 20.6. The number of H-pyrrole nitrogens is 1. The van der Waals surface area contributed by atoms with Crippen molar-refractivity contribution in [3.63, 3.8) is 0 Å². The van der Waals surface area contributed by atoms with Gasteiger partial charge in [-0.05, 0) is 35.0 Å². The summed E-state index contributed by atoms with van der Waals surface area (Å²) < 4.78 is 0. The molecule has 29 heavy (non-hydrogen) atoms. The van der Waals surface area contributed by atoms with Crippen LogP contribution in [0.4, 0.5) is 0 Å². The number of thiophene rings is 2. The van der Waals surface area contributed by atoms with Crippen molar-refractivity contribution in [3.05, 3.63) is 74.5 Å². The quantitative estimate of drug-likeness (QED) is 0.452. The maximum atomic E-state index is 12.7. The van der Waals surface area contributed by atoms with Gasteiger partial charge in [0.25, 0.3) is 5.56 Å². The maximum absolute atomic E-state index is 12.7. The van der Waals surface area contributed by atoms with E-state index >= 15 is 0 Å². The van der Waals surface area contributed by atoms with Gasteiger partial charge >= 0.3 is 0 Å². The van der Waals surface area contributed by atoms with Crippen molar-refractivity contribution in [2.24, 2.45) is 0 Å². The highest BCUT2D eigenvalue weighted by atomic mass is 32.1. The summed E-state index contributed by atoms with van der Waals surface area (Å²) >= 11 is 3.17. The lowest BCUT2D eigenvalue weighted by atomic mass is 9.87. The van der Waals surface area contributed by atoms with Crippen LogP contribution >= 0.6 is 22.7 Å². The molecule has 4 aromatic rings. The van der Waals surface area contributed by atoms with Gasteiger partial charge in [-0.3, -0.25) is 9.69 Å². The predicted octanol–water partition coefficient (Wildman–Crippen LogP) is 5.64. The Kier molecular flexibility index (Phi) is 5.42. The molecule has 0 unspecified atom stereocenters. The number of aromatic amines is 1. The molecule has 1 N–H and O–H groups in total.